The van der Waals surface area contributed by atoms with E-state index in [1.54, 1.807) is 0 Å². The molecule has 0 N–H and O–H groups in total. The van der Waals surface area contributed by atoms with E-state index in [2.05, 4.69) is 34.7 Å². The number of aryl methyl sites for hydroxylation is 2. The van der Waals surface area contributed by atoms with Crippen molar-refractivity contribution in [2.45, 2.75) is 26.2 Å². The lowest BCUT2D eigenvalue weighted by atomic mass is 9.98. The van der Waals surface area contributed by atoms with Crippen LogP contribution in [0.4, 0.5) is 0 Å². The molecule has 0 aliphatic heterocycles. The summed E-state index contributed by atoms with van der Waals surface area (Å²) in [5.74, 6) is 1.28. The number of nitrogens with zero attached hydrogens (tertiary/aromatic N) is 2. The number of imidazole rings is 1. The van der Waals surface area contributed by atoms with Crippen LogP contribution in [-0.4, -0.2) is 15.8 Å². The Morgan fingerprint density at radius 3 is 2.94 bits per heavy atom. The largest absolute Gasteiger partial charge is 0.331 e. The van der Waals surface area contributed by atoms with Gasteiger partial charge in [-0.05, 0) is 30.5 Å². The highest BCUT2D eigenvalue weighted by Crippen LogP contribution is 2.23. The van der Waals surface area contributed by atoms with E-state index in [9.17, 15) is 4.79 Å². The van der Waals surface area contributed by atoms with E-state index in [0.29, 0.717) is 6.42 Å². The fourth-order valence-corrected chi connectivity index (χ4v) is 1.92. The summed E-state index contributed by atoms with van der Waals surface area (Å²) in [7, 11) is 2.01. The highest BCUT2D eigenvalue weighted by Gasteiger charge is 2.08. The second-order valence-corrected chi connectivity index (χ2v) is 4.27. The second-order valence-electron chi connectivity index (χ2n) is 4.27. The summed E-state index contributed by atoms with van der Waals surface area (Å²) in [5.41, 5.74) is 3.33. The summed E-state index contributed by atoms with van der Waals surface area (Å²) >= 11 is 0. The normalized spacial score (nSPS) is 12.9. The predicted octanol–water partition coefficient (Wildman–Crippen LogP) is 2.57. The number of carbonyl (C=O) groups excluding carboxylic acids is 1. The van der Waals surface area contributed by atoms with Crippen molar-refractivity contribution in [3.8, 4) is 0 Å². The Hall–Kier alpha value is -1.64. The van der Waals surface area contributed by atoms with Gasteiger partial charge in [0.1, 0.15) is 12.1 Å². The minimum atomic E-state index is 0.268. The van der Waals surface area contributed by atoms with Gasteiger partial charge < -0.3 is 9.36 Å². The Balaban J connectivity index is 2.48. The molecule has 0 aliphatic rings. The Morgan fingerprint density at radius 2 is 2.25 bits per heavy atom. The highest BCUT2D eigenvalue weighted by atomic mass is 16.1. The molecule has 0 saturated heterocycles. The van der Waals surface area contributed by atoms with E-state index in [1.807, 2.05) is 14.0 Å². The molecule has 84 valence electrons. The van der Waals surface area contributed by atoms with Crippen LogP contribution >= 0.6 is 0 Å². The Kier molecular flexibility index (Phi) is 2.77. The number of hydrogen-bond donors (Lipinski definition) is 0. The molecule has 1 unspecified atom stereocenters. The molecule has 3 nitrogen and oxygen atoms in total. The first-order valence-corrected chi connectivity index (χ1v) is 5.50. The summed E-state index contributed by atoms with van der Waals surface area (Å²) < 4.78 is 2.07. The van der Waals surface area contributed by atoms with E-state index in [1.165, 1.54) is 5.56 Å². The molecule has 1 atom stereocenters. The van der Waals surface area contributed by atoms with Crippen molar-refractivity contribution in [3.63, 3.8) is 0 Å². The number of rotatable bonds is 3. The quantitative estimate of drug-likeness (QED) is 0.739. The van der Waals surface area contributed by atoms with Gasteiger partial charge in [-0.1, -0.05) is 13.0 Å². The molecule has 0 aliphatic carbocycles. The lowest BCUT2D eigenvalue weighted by Gasteiger charge is -2.07. The van der Waals surface area contributed by atoms with Crippen LogP contribution in [0.1, 0.15) is 30.7 Å². The van der Waals surface area contributed by atoms with Crippen molar-refractivity contribution in [1.82, 2.24) is 9.55 Å². The molecule has 0 spiro atoms. The molecule has 1 aromatic heterocycles. The van der Waals surface area contributed by atoms with Crippen LogP contribution in [0.3, 0.4) is 0 Å². The molecule has 3 heteroatoms. The van der Waals surface area contributed by atoms with Gasteiger partial charge in [0.15, 0.2) is 0 Å². The molecule has 0 fully saturated rings. The van der Waals surface area contributed by atoms with Gasteiger partial charge in [0.05, 0.1) is 11.0 Å². The lowest BCUT2D eigenvalue weighted by molar-refractivity contribution is -0.108. The minimum Gasteiger partial charge on any atom is -0.331 e. The van der Waals surface area contributed by atoms with Gasteiger partial charge >= 0.3 is 0 Å². The summed E-state index contributed by atoms with van der Waals surface area (Å²) in [4.78, 5) is 15.0. The van der Waals surface area contributed by atoms with Crippen molar-refractivity contribution in [2.24, 2.45) is 7.05 Å². The number of aldehydes is 1. The van der Waals surface area contributed by atoms with Crippen molar-refractivity contribution >= 4 is 17.3 Å². The number of carbonyl (C=O) groups is 1. The Morgan fingerprint density at radius 1 is 1.50 bits per heavy atom. The van der Waals surface area contributed by atoms with E-state index in [0.717, 1.165) is 23.1 Å². The molecule has 16 heavy (non-hydrogen) atoms. The monoisotopic (exact) mass is 216 g/mol. The third kappa shape index (κ3) is 1.73. The molecular weight excluding hydrogens is 200 g/mol. The van der Waals surface area contributed by atoms with Crippen LogP contribution in [-0.2, 0) is 11.8 Å². The number of hydrogen-bond acceptors (Lipinski definition) is 2. The third-order valence-corrected chi connectivity index (χ3v) is 3.15. The lowest BCUT2D eigenvalue weighted by Crippen LogP contribution is -1.94. The summed E-state index contributed by atoms with van der Waals surface area (Å²) in [5, 5.41) is 0. The fraction of sp³-hybridized carbons (Fsp3) is 0.385. The topological polar surface area (TPSA) is 34.9 Å². The zero-order chi connectivity index (χ0) is 11.7. The van der Waals surface area contributed by atoms with Gasteiger partial charge in [-0.3, -0.25) is 0 Å². The molecule has 1 heterocycles. The van der Waals surface area contributed by atoms with Gasteiger partial charge in [-0.25, -0.2) is 4.98 Å². The van der Waals surface area contributed by atoms with Crippen LogP contribution in [0.25, 0.3) is 11.0 Å². The standard InChI is InChI=1S/C13H16N2O/c1-9(6-7-16)11-4-5-13-12(8-11)14-10(2)15(13)3/h4-5,7-9H,6H2,1-3H3. The van der Waals surface area contributed by atoms with E-state index in [4.69, 9.17) is 0 Å². The maximum atomic E-state index is 10.5. The smallest absolute Gasteiger partial charge is 0.120 e. The summed E-state index contributed by atoms with van der Waals surface area (Å²) in [6.07, 6.45) is 1.54. The number of fused-ring (bicyclic) bond motifs is 1. The van der Waals surface area contributed by atoms with Crippen LogP contribution in [0.2, 0.25) is 0 Å². The maximum absolute atomic E-state index is 10.5. The average molecular weight is 216 g/mol. The summed E-state index contributed by atoms with van der Waals surface area (Å²) in [6.45, 7) is 4.06. The van der Waals surface area contributed by atoms with Gasteiger partial charge in [-0.15, -0.1) is 0 Å². The molecule has 2 aromatic rings. The van der Waals surface area contributed by atoms with Crippen LogP contribution in [0.5, 0.6) is 0 Å². The fourth-order valence-electron chi connectivity index (χ4n) is 1.92. The Labute approximate surface area is 95.1 Å². The van der Waals surface area contributed by atoms with Gasteiger partial charge in [0, 0.05) is 13.5 Å². The van der Waals surface area contributed by atoms with Crippen LogP contribution in [0, 0.1) is 6.92 Å². The van der Waals surface area contributed by atoms with Crippen molar-refractivity contribution in [1.29, 1.82) is 0 Å². The van der Waals surface area contributed by atoms with Gasteiger partial charge in [-0.2, -0.15) is 0 Å². The average Bonchev–Trinajstić information content (AvgIpc) is 2.55. The molecule has 0 radical (unpaired) electrons. The molecule has 0 saturated carbocycles. The van der Waals surface area contributed by atoms with Gasteiger partial charge in [0.2, 0.25) is 0 Å². The molecule has 0 amide bonds. The highest BCUT2D eigenvalue weighted by molar-refractivity contribution is 5.77. The first-order valence-electron chi connectivity index (χ1n) is 5.50. The van der Waals surface area contributed by atoms with Crippen LogP contribution < -0.4 is 0 Å². The predicted molar refractivity (Wildman–Crippen MR) is 64.5 cm³/mol. The van der Waals surface area contributed by atoms with Crippen molar-refractivity contribution in [3.05, 3.63) is 29.6 Å². The van der Waals surface area contributed by atoms with E-state index >= 15 is 0 Å². The van der Waals surface area contributed by atoms with E-state index < -0.39 is 0 Å². The summed E-state index contributed by atoms with van der Waals surface area (Å²) in [6, 6.07) is 6.24. The SMILES string of the molecule is Cc1nc2cc(C(C)CC=O)ccc2n1C. The van der Waals surface area contributed by atoms with E-state index in [-0.39, 0.29) is 5.92 Å². The maximum Gasteiger partial charge on any atom is 0.120 e. The van der Waals surface area contributed by atoms with Gasteiger partial charge in [0.25, 0.3) is 0 Å². The Bertz CT molecular complexity index is 528. The molecule has 0 bridgehead atoms. The first kappa shape index (κ1) is 10.9. The second kappa shape index (κ2) is 4.08. The van der Waals surface area contributed by atoms with Crippen LogP contribution in [0.15, 0.2) is 18.2 Å². The molecule has 1 aromatic carbocycles. The third-order valence-electron chi connectivity index (χ3n) is 3.15. The first-order chi connectivity index (χ1) is 7.63. The van der Waals surface area contributed by atoms with Crippen molar-refractivity contribution < 1.29 is 4.79 Å². The zero-order valence-electron chi connectivity index (χ0n) is 9.90. The minimum absolute atomic E-state index is 0.268. The van der Waals surface area contributed by atoms with Crippen molar-refractivity contribution in [2.75, 3.05) is 0 Å². The molecular formula is C13H16N2O. The number of benzene rings is 1. The zero-order valence-corrected chi connectivity index (χ0v) is 9.90. The number of aromatic nitrogens is 2. The molecule has 2 rings (SSSR count).